The number of alkyl carbamates (subject to hydrolysis) is 1. The smallest absolute Gasteiger partial charge is 0.435 e. The number of rotatable bonds is 5. The third-order valence-electron chi connectivity index (χ3n) is 4.58. The fourth-order valence-corrected chi connectivity index (χ4v) is 3.17. The lowest BCUT2D eigenvalue weighted by Gasteiger charge is -2.16. The maximum Gasteiger partial charge on any atom is 0.435 e. The highest BCUT2D eigenvalue weighted by Gasteiger charge is 2.42. The molecule has 0 aromatic carbocycles. The summed E-state index contributed by atoms with van der Waals surface area (Å²) in [6.45, 7) is 3.34. The lowest BCUT2D eigenvalue weighted by atomic mass is 10.1. The van der Waals surface area contributed by atoms with Crippen molar-refractivity contribution in [3.05, 3.63) is 35.9 Å². The van der Waals surface area contributed by atoms with Gasteiger partial charge in [0.25, 0.3) is 0 Å². The molecule has 3 aromatic rings. The molecule has 3 N–H and O–H groups in total. The number of halogens is 4. The van der Waals surface area contributed by atoms with E-state index in [1.807, 2.05) is 0 Å². The van der Waals surface area contributed by atoms with E-state index in [2.05, 4.69) is 30.9 Å². The summed E-state index contributed by atoms with van der Waals surface area (Å²) in [4.78, 5) is 15.7. The number of hydrogen-bond donors (Lipinski definition) is 3. The lowest BCUT2D eigenvalue weighted by molar-refractivity contribution is -0.141. The molecule has 1 aliphatic heterocycles. The summed E-state index contributed by atoms with van der Waals surface area (Å²) in [5, 5.41) is 15.4. The quantitative estimate of drug-likeness (QED) is 0.504. The Balaban J connectivity index is 1.47. The van der Waals surface area contributed by atoms with Crippen LogP contribution in [0.5, 0.6) is 0 Å². The fraction of sp³-hybridized carbons (Fsp3) is 0.444. The van der Waals surface area contributed by atoms with Crippen LogP contribution in [-0.2, 0) is 15.7 Å². The Labute approximate surface area is 178 Å². The molecular formula is C18H19F4N7O3. The van der Waals surface area contributed by atoms with Crippen molar-refractivity contribution in [3.8, 4) is 0 Å². The first-order valence-corrected chi connectivity index (χ1v) is 9.58. The monoisotopic (exact) mass is 457 g/mol. The fourth-order valence-electron chi connectivity index (χ4n) is 3.17. The molecule has 1 amide bonds. The number of amides is 1. The van der Waals surface area contributed by atoms with Crippen molar-refractivity contribution in [1.29, 1.82) is 0 Å². The second-order valence-electron chi connectivity index (χ2n) is 7.41. The molecule has 10 nitrogen and oxygen atoms in total. The number of nitrogens with one attached hydrogen (secondary N) is 3. The first-order valence-electron chi connectivity index (χ1n) is 9.58. The number of anilines is 2. The minimum atomic E-state index is -4.61. The Hall–Kier alpha value is -3.42. The van der Waals surface area contributed by atoms with Crippen LogP contribution in [-0.4, -0.2) is 55.8 Å². The Kier molecular flexibility index (Phi) is 5.62. The molecule has 0 radical (unpaired) electrons. The van der Waals surface area contributed by atoms with E-state index < -0.39 is 36.3 Å². The molecule has 0 aliphatic carbocycles. The van der Waals surface area contributed by atoms with E-state index in [0.29, 0.717) is 0 Å². The van der Waals surface area contributed by atoms with Crippen LogP contribution in [0.15, 0.2) is 24.5 Å². The van der Waals surface area contributed by atoms with E-state index in [0.717, 1.165) is 10.6 Å². The van der Waals surface area contributed by atoms with Gasteiger partial charge in [-0.3, -0.25) is 5.10 Å². The van der Waals surface area contributed by atoms with Gasteiger partial charge in [0, 0.05) is 30.6 Å². The van der Waals surface area contributed by atoms with Crippen LogP contribution in [0.1, 0.15) is 31.3 Å². The number of carbonyl (C=O) groups is 1. The average molecular weight is 457 g/mol. The average Bonchev–Trinajstić information content (AvgIpc) is 3.40. The number of hydrogen-bond acceptors (Lipinski definition) is 7. The summed E-state index contributed by atoms with van der Waals surface area (Å²) in [5.74, 6) is 0.248. The lowest BCUT2D eigenvalue weighted by Crippen LogP contribution is -2.36. The second kappa shape index (κ2) is 8.26. The third-order valence-corrected chi connectivity index (χ3v) is 4.58. The number of carbonyl (C=O) groups excluding carboxylic acids is 1. The van der Waals surface area contributed by atoms with Gasteiger partial charge in [-0.15, -0.1) is 0 Å². The number of aromatic amines is 1. The molecule has 0 bridgehead atoms. The van der Waals surface area contributed by atoms with E-state index in [-0.39, 0.29) is 35.5 Å². The highest BCUT2D eigenvalue weighted by Crippen LogP contribution is 2.34. The molecule has 0 spiro atoms. The van der Waals surface area contributed by atoms with Crippen molar-refractivity contribution in [2.75, 3.05) is 11.9 Å². The third kappa shape index (κ3) is 4.44. The highest BCUT2D eigenvalue weighted by molar-refractivity contribution is 5.72. The van der Waals surface area contributed by atoms with E-state index >= 15 is 0 Å². The topological polar surface area (TPSA) is 118 Å². The van der Waals surface area contributed by atoms with Gasteiger partial charge in [0.05, 0.1) is 12.3 Å². The summed E-state index contributed by atoms with van der Waals surface area (Å²) in [7, 11) is 0. The summed E-state index contributed by atoms with van der Waals surface area (Å²) in [6.07, 6.45) is -6.61. The largest absolute Gasteiger partial charge is 0.441 e. The maximum atomic E-state index is 14.8. The van der Waals surface area contributed by atoms with Gasteiger partial charge in [-0.1, -0.05) is 0 Å². The van der Waals surface area contributed by atoms with Crippen LogP contribution in [0.2, 0.25) is 0 Å². The first kappa shape index (κ1) is 21.8. The Morgan fingerprint density at radius 1 is 1.38 bits per heavy atom. The summed E-state index contributed by atoms with van der Waals surface area (Å²) < 4.78 is 65.1. The molecule has 3 aromatic heterocycles. The normalized spacial score (nSPS) is 21.3. The van der Waals surface area contributed by atoms with E-state index in [1.165, 1.54) is 18.5 Å². The maximum absolute atomic E-state index is 14.8. The molecule has 4 heterocycles. The number of aromatic nitrogens is 5. The zero-order chi connectivity index (χ0) is 23.0. The van der Waals surface area contributed by atoms with Crippen LogP contribution in [0, 0.1) is 0 Å². The molecule has 1 fully saturated rings. The molecule has 0 unspecified atom stereocenters. The minimum Gasteiger partial charge on any atom is -0.441 e. The van der Waals surface area contributed by atoms with Gasteiger partial charge in [0.1, 0.15) is 11.6 Å². The molecule has 32 heavy (non-hydrogen) atoms. The van der Waals surface area contributed by atoms with Gasteiger partial charge in [-0.25, -0.2) is 18.7 Å². The number of fused-ring (bicyclic) bond motifs is 1. The van der Waals surface area contributed by atoms with Crippen LogP contribution < -0.4 is 10.6 Å². The van der Waals surface area contributed by atoms with Crippen LogP contribution in [0.3, 0.4) is 0 Å². The van der Waals surface area contributed by atoms with Gasteiger partial charge in [0.15, 0.2) is 29.6 Å². The second-order valence-corrected chi connectivity index (χ2v) is 7.41. The van der Waals surface area contributed by atoms with E-state index in [4.69, 9.17) is 9.47 Å². The van der Waals surface area contributed by atoms with Gasteiger partial charge in [-0.2, -0.15) is 23.4 Å². The summed E-state index contributed by atoms with van der Waals surface area (Å²) in [5.41, 5.74) is -0.732. The van der Waals surface area contributed by atoms with Crippen molar-refractivity contribution >= 4 is 23.2 Å². The van der Waals surface area contributed by atoms with Crippen molar-refractivity contribution in [2.45, 2.75) is 44.4 Å². The van der Waals surface area contributed by atoms with Crippen LogP contribution >= 0.6 is 0 Å². The summed E-state index contributed by atoms with van der Waals surface area (Å²) in [6, 6.07) is 2.12. The van der Waals surface area contributed by atoms with Crippen molar-refractivity contribution in [3.63, 3.8) is 0 Å². The molecule has 14 heteroatoms. The van der Waals surface area contributed by atoms with Crippen LogP contribution in [0.25, 0.3) is 5.52 Å². The van der Waals surface area contributed by atoms with Crippen molar-refractivity contribution < 1.29 is 31.8 Å². The van der Waals surface area contributed by atoms with E-state index in [1.54, 1.807) is 13.8 Å². The predicted molar refractivity (Wildman–Crippen MR) is 102 cm³/mol. The molecule has 1 saturated heterocycles. The molecule has 0 saturated carbocycles. The Bertz CT molecular complexity index is 1110. The van der Waals surface area contributed by atoms with Crippen molar-refractivity contribution in [1.82, 2.24) is 30.1 Å². The number of nitrogens with zero attached hydrogens (tertiary/aromatic N) is 4. The van der Waals surface area contributed by atoms with Gasteiger partial charge in [0.2, 0.25) is 0 Å². The van der Waals surface area contributed by atoms with Gasteiger partial charge >= 0.3 is 12.3 Å². The molecule has 1 aliphatic rings. The molecule has 172 valence electrons. The van der Waals surface area contributed by atoms with E-state index in [9.17, 15) is 22.4 Å². The molecule has 3 atom stereocenters. The SMILES string of the molecule is CC(C)NC(=O)O[C@H]1CO[C@@H](c2cc(Nc3nccn4nc(C(F)(F)F)cc34)n[nH]2)[C@@H]1F. The summed E-state index contributed by atoms with van der Waals surface area (Å²) >= 11 is 0. The van der Waals surface area contributed by atoms with Crippen molar-refractivity contribution in [2.24, 2.45) is 0 Å². The van der Waals surface area contributed by atoms with Crippen LogP contribution in [0.4, 0.5) is 34.0 Å². The standard InChI is InChI=1S/C18H19F4N7O3/c1-8(2)24-17(30)32-11-7-31-15(14(11)19)9-5-13(27-26-9)25-16-10-6-12(18(20,21)22)28-29(10)4-3-23-16/h3-6,8,11,14-15H,7H2,1-2H3,(H,24,30)(H2,23,25,26,27)/t11-,14+,15-/m0/s1. The van der Waals surface area contributed by atoms with Gasteiger partial charge < -0.3 is 20.1 Å². The zero-order valence-corrected chi connectivity index (χ0v) is 16.9. The minimum absolute atomic E-state index is 0.0734. The molecular weight excluding hydrogens is 438 g/mol. The highest BCUT2D eigenvalue weighted by atomic mass is 19.4. The predicted octanol–water partition coefficient (Wildman–Crippen LogP) is 3.13. The number of ether oxygens (including phenoxy) is 2. The Morgan fingerprint density at radius 2 is 2.16 bits per heavy atom. The van der Waals surface area contributed by atoms with Gasteiger partial charge in [-0.05, 0) is 13.8 Å². The molecule has 4 rings (SSSR count). The Morgan fingerprint density at radius 3 is 2.88 bits per heavy atom. The zero-order valence-electron chi connectivity index (χ0n) is 16.9. The number of H-pyrrole nitrogens is 1. The first-order chi connectivity index (χ1) is 15.1. The number of alkyl halides is 4.